The Morgan fingerprint density at radius 2 is 1.90 bits per heavy atom. The van der Waals surface area contributed by atoms with E-state index in [2.05, 4.69) is 17.0 Å². The highest BCUT2D eigenvalue weighted by molar-refractivity contribution is 8.00. The third-order valence-corrected chi connectivity index (χ3v) is 5.07. The van der Waals surface area contributed by atoms with Crippen LogP contribution in [0.2, 0.25) is 0 Å². The van der Waals surface area contributed by atoms with E-state index in [1.807, 2.05) is 23.1 Å². The van der Waals surface area contributed by atoms with Crippen molar-refractivity contribution < 1.29 is 9.53 Å². The molecule has 0 radical (unpaired) electrons. The Balaban J connectivity index is 1.62. The van der Waals surface area contributed by atoms with Gasteiger partial charge in [-0.3, -0.25) is 9.69 Å². The molecule has 2 heterocycles. The van der Waals surface area contributed by atoms with Crippen LogP contribution in [-0.4, -0.2) is 60.9 Å². The van der Waals surface area contributed by atoms with Crippen molar-refractivity contribution in [2.24, 2.45) is 0 Å². The van der Waals surface area contributed by atoms with Gasteiger partial charge in [0.05, 0.1) is 19.0 Å². The minimum atomic E-state index is 0.185. The lowest BCUT2D eigenvalue weighted by atomic mass is 10.2. The molecule has 1 aromatic rings. The summed E-state index contributed by atoms with van der Waals surface area (Å²) < 4.78 is 5.36. The quantitative estimate of drug-likeness (QED) is 0.844. The van der Waals surface area contributed by atoms with Crippen LogP contribution in [0.1, 0.15) is 10.9 Å². The van der Waals surface area contributed by atoms with Gasteiger partial charge < -0.3 is 9.64 Å². The van der Waals surface area contributed by atoms with Gasteiger partial charge >= 0.3 is 0 Å². The van der Waals surface area contributed by atoms with Crippen LogP contribution in [0.4, 0.5) is 0 Å². The van der Waals surface area contributed by atoms with Crippen molar-refractivity contribution >= 4 is 17.7 Å². The summed E-state index contributed by atoms with van der Waals surface area (Å²) in [6, 6.07) is 10.3. The lowest BCUT2D eigenvalue weighted by Gasteiger charge is -2.30. The molecule has 0 N–H and O–H groups in total. The van der Waals surface area contributed by atoms with Crippen molar-refractivity contribution in [3.8, 4) is 0 Å². The molecule has 1 amide bonds. The number of benzene rings is 1. The fraction of sp³-hybridized carbons (Fsp3) is 0.533. The van der Waals surface area contributed by atoms with E-state index in [1.54, 1.807) is 11.8 Å². The van der Waals surface area contributed by atoms with E-state index in [0.29, 0.717) is 5.75 Å². The molecule has 0 saturated carbocycles. The number of hydrogen-bond acceptors (Lipinski definition) is 4. The highest BCUT2D eigenvalue weighted by Gasteiger charge is 2.32. The Kier molecular flexibility index (Phi) is 4.60. The number of thioether (sulfide) groups is 1. The highest BCUT2D eigenvalue weighted by atomic mass is 32.2. The normalized spacial score (nSPS) is 24.3. The second-order valence-corrected chi connectivity index (χ2v) is 6.18. The van der Waals surface area contributed by atoms with Gasteiger partial charge in [-0.1, -0.05) is 30.3 Å². The molecular weight excluding hydrogens is 272 g/mol. The molecule has 4 nitrogen and oxygen atoms in total. The largest absolute Gasteiger partial charge is 0.379 e. The van der Waals surface area contributed by atoms with Crippen molar-refractivity contribution in [1.82, 2.24) is 9.80 Å². The van der Waals surface area contributed by atoms with Crippen LogP contribution in [0.5, 0.6) is 0 Å². The Morgan fingerprint density at radius 1 is 1.15 bits per heavy atom. The van der Waals surface area contributed by atoms with E-state index in [9.17, 15) is 4.79 Å². The Labute approximate surface area is 124 Å². The molecule has 3 rings (SSSR count). The van der Waals surface area contributed by atoms with Crippen LogP contribution in [0.15, 0.2) is 30.3 Å². The van der Waals surface area contributed by atoms with Crippen LogP contribution < -0.4 is 0 Å². The minimum Gasteiger partial charge on any atom is -0.379 e. The zero-order chi connectivity index (χ0) is 13.8. The van der Waals surface area contributed by atoms with Gasteiger partial charge in [-0.15, -0.1) is 11.8 Å². The topological polar surface area (TPSA) is 32.8 Å². The summed E-state index contributed by atoms with van der Waals surface area (Å²) in [6.07, 6.45) is 0. The summed E-state index contributed by atoms with van der Waals surface area (Å²) in [5, 5.41) is 0.185. The average Bonchev–Trinajstić information content (AvgIpc) is 2.88. The van der Waals surface area contributed by atoms with Gasteiger partial charge in [-0.2, -0.15) is 0 Å². The molecule has 1 aromatic carbocycles. The first kappa shape index (κ1) is 13.9. The number of hydrogen-bond donors (Lipinski definition) is 0. The van der Waals surface area contributed by atoms with Crippen LogP contribution in [-0.2, 0) is 9.53 Å². The third kappa shape index (κ3) is 3.16. The van der Waals surface area contributed by atoms with E-state index in [1.165, 1.54) is 5.56 Å². The molecular formula is C15H20N2O2S. The van der Waals surface area contributed by atoms with E-state index in [0.717, 1.165) is 39.4 Å². The molecule has 2 aliphatic heterocycles. The summed E-state index contributed by atoms with van der Waals surface area (Å²) in [7, 11) is 0. The molecule has 0 aliphatic carbocycles. The fourth-order valence-corrected chi connectivity index (χ4v) is 3.88. The van der Waals surface area contributed by atoms with Crippen LogP contribution in [0.25, 0.3) is 0 Å². The minimum absolute atomic E-state index is 0.185. The van der Waals surface area contributed by atoms with Gasteiger partial charge in [0.2, 0.25) is 5.91 Å². The van der Waals surface area contributed by atoms with Gasteiger partial charge in [0.1, 0.15) is 5.37 Å². The first-order valence-electron chi connectivity index (χ1n) is 7.11. The van der Waals surface area contributed by atoms with Crippen molar-refractivity contribution in [2.45, 2.75) is 5.37 Å². The highest BCUT2D eigenvalue weighted by Crippen LogP contribution is 2.38. The zero-order valence-electron chi connectivity index (χ0n) is 11.5. The first-order chi connectivity index (χ1) is 9.84. The van der Waals surface area contributed by atoms with Gasteiger partial charge in [-0.05, 0) is 5.56 Å². The van der Waals surface area contributed by atoms with Gasteiger partial charge in [0.25, 0.3) is 0 Å². The molecule has 0 aromatic heterocycles. The molecule has 5 heteroatoms. The molecule has 0 unspecified atom stereocenters. The molecule has 0 spiro atoms. The number of ether oxygens (including phenoxy) is 1. The smallest absolute Gasteiger partial charge is 0.233 e. The van der Waals surface area contributed by atoms with E-state index in [-0.39, 0.29) is 11.3 Å². The number of carbonyl (C=O) groups is 1. The van der Waals surface area contributed by atoms with E-state index < -0.39 is 0 Å². The Bertz CT molecular complexity index is 448. The van der Waals surface area contributed by atoms with E-state index >= 15 is 0 Å². The standard InChI is InChI=1S/C15H20N2O2S/c18-14-12-20-15(13-4-2-1-3-5-13)17(14)7-6-16-8-10-19-11-9-16/h1-5,15H,6-12H2/t15-/m0/s1. The third-order valence-electron chi connectivity index (χ3n) is 3.81. The number of nitrogens with zero attached hydrogens (tertiary/aromatic N) is 2. The van der Waals surface area contributed by atoms with Crippen molar-refractivity contribution in [2.75, 3.05) is 45.1 Å². The molecule has 2 saturated heterocycles. The van der Waals surface area contributed by atoms with Crippen LogP contribution >= 0.6 is 11.8 Å². The summed E-state index contributed by atoms with van der Waals surface area (Å²) in [5.41, 5.74) is 1.23. The maximum Gasteiger partial charge on any atom is 0.233 e. The SMILES string of the molecule is O=C1CS[C@@H](c2ccccc2)N1CCN1CCOCC1. The second kappa shape index (κ2) is 6.61. The summed E-state index contributed by atoms with van der Waals surface area (Å²) in [6.45, 7) is 5.33. The second-order valence-electron chi connectivity index (χ2n) is 5.12. The molecule has 20 heavy (non-hydrogen) atoms. The summed E-state index contributed by atoms with van der Waals surface area (Å²) in [4.78, 5) is 16.5. The Hall–Kier alpha value is -1.04. The molecule has 108 valence electrons. The van der Waals surface area contributed by atoms with Gasteiger partial charge in [0.15, 0.2) is 0 Å². The first-order valence-corrected chi connectivity index (χ1v) is 8.15. The summed E-state index contributed by atoms with van der Waals surface area (Å²) in [5.74, 6) is 0.861. The lowest BCUT2D eigenvalue weighted by molar-refractivity contribution is -0.128. The van der Waals surface area contributed by atoms with Crippen LogP contribution in [0.3, 0.4) is 0 Å². The summed E-state index contributed by atoms with van der Waals surface area (Å²) >= 11 is 1.73. The number of amides is 1. The van der Waals surface area contributed by atoms with Crippen molar-refractivity contribution in [1.29, 1.82) is 0 Å². The Morgan fingerprint density at radius 3 is 2.65 bits per heavy atom. The van der Waals surface area contributed by atoms with Crippen molar-refractivity contribution in [3.05, 3.63) is 35.9 Å². The van der Waals surface area contributed by atoms with E-state index in [4.69, 9.17) is 4.74 Å². The number of rotatable bonds is 4. The fourth-order valence-electron chi connectivity index (χ4n) is 2.66. The molecule has 0 bridgehead atoms. The maximum atomic E-state index is 12.1. The van der Waals surface area contributed by atoms with Crippen molar-refractivity contribution in [3.63, 3.8) is 0 Å². The lowest BCUT2D eigenvalue weighted by Crippen LogP contribution is -2.42. The number of morpholine rings is 1. The zero-order valence-corrected chi connectivity index (χ0v) is 12.3. The molecule has 1 atom stereocenters. The maximum absolute atomic E-state index is 12.1. The van der Waals surface area contributed by atoms with Gasteiger partial charge in [-0.25, -0.2) is 0 Å². The monoisotopic (exact) mass is 292 g/mol. The molecule has 2 fully saturated rings. The molecule has 2 aliphatic rings. The van der Waals surface area contributed by atoms with Crippen LogP contribution in [0, 0.1) is 0 Å². The predicted octanol–water partition coefficient (Wildman–Crippen LogP) is 1.59. The average molecular weight is 292 g/mol. The van der Waals surface area contributed by atoms with Gasteiger partial charge in [0, 0.05) is 26.2 Å². The predicted molar refractivity (Wildman–Crippen MR) is 80.6 cm³/mol. The number of carbonyl (C=O) groups excluding carboxylic acids is 1.